The van der Waals surface area contributed by atoms with E-state index in [0.717, 1.165) is 11.9 Å². The number of carbonyl (C=O) groups is 1. The molecule has 138 valence electrons. The molecular formula is C13H9F7N2O3. The number of nitrogens with zero attached hydrogens (tertiary/aromatic N) is 2. The number of benzene rings is 1. The van der Waals surface area contributed by atoms with Crippen molar-refractivity contribution in [3.63, 3.8) is 0 Å². The molecule has 0 saturated heterocycles. The minimum Gasteiger partial charge on any atom is -0.454 e. The summed E-state index contributed by atoms with van der Waals surface area (Å²) in [4.78, 5) is 15.1. The second-order valence-electron chi connectivity index (χ2n) is 5.01. The molecule has 0 unspecified atom stereocenters. The van der Waals surface area contributed by atoms with E-state index in [1.165, 1.54) is 0 Å². The molecule has 0 saturated carbocycles. The van der Waals surface area contributed by atoms with Gasteiger partial charge in [0.25, 0.3) is 17.5 Å². The molecule has 0 aliphatic carbocycles. The number of ether oxygens (including phenoxy) is 1. The van der Waals surface area contributed by atoms with Crippen molar-refractivity contribution in [3.8, 4) is 0 Å². The summed E-state index contributed by atoms with van der Waals surface area (Å²) >= 11 is 0. The molecule has 0 atom stereocenters. The Labute approximate surface area is 135 Å². The Balaban J connectivity index is 2.48. The standard InChI is InChI=1S/C13H9F7N2O3/c1-22(10-21-9(23)5-25-10)8-3-2-6(4-7(8)14)11(24,12(15,16)17)13(18,19)20/h2-4,24H,5H2,1H3. The zero-order chi connectivity index (χ0) is 19.2. The van der Waals surface area contributed by atoms with Gasteiger partial charge in [0.1, 0.15) is 5.82 Å². The van der Waals surface area contributed by atoms with Gasteiger partial charge in [0.2, 0.25) is 0 Å². The summed E-state index contributed by atoms with van der Waals surface area (Å²) in [6.07, 6.45) is -12.3. The molecule has 2 rings (SSSR count). The molecule has 25 heavy (non-hydrogen) atoms. The van der Waals surface area contributed by atoms with E-state index in [9.17, 15) is 40.6 Å². The Kier molecular flexibility index (Phi) is 4.45. The van der Waals surface area contributed by atoms with E-state index in [0.29, 0.717) is 6.07 Å². The van der Waals surface area contributed by atoms with E-state index >= 15 is 0 Å². The minimum absolute atomic E-state index is 0.0931. The Morgan fingerprint density at radius 1 is 1.16 bits per heavy atom. The smallest absolute Gasteiger partial charge is 0.430 e. The number of anilines is 1. The first kappa shape index (κ1) is 19.0. The number of aliphatic hydroxyl groups is 1. The van der Waals surface area contributed by atoms with Crippen molar-refractivity contribution in [2.75, 3.05) is 18.6 Å². The van der Waals surface area contributed by atoms with E-state index in [1.807, 2.05) is 0 Å². The predicted octanol–water partition coefficient (Wildman–Crippen LogP) is 2.49. The lowest BCUT2D eigenvalue weighted by molar-refractivity contribution is -0.376. The van der Waals surface area contributed by atoms with Gasteiger partial charge in [-0.1, -0.05) is 6.07 Å². The number of aliphatic imine (C=N–C) groups is 1. The molecule has 12 heteroatoms. The van der Waals surface area contributed by atoms with Crippen LogP contribution in [0.1, 0.15) is 5.56 Å². The molecule has 5 nitrogen and oxygen atoms in total. The highest BCUT2D eigenvalue weighted by Gasteiger charge is 2.71. The van der Waals surface area contributed by atoms with Crippen molar-refractivity contribution in [1.82, 2.24) is 0 Å². The van der Waals surface area contributed by atoms with Crippen LogP contribution in [0.5, 0.6) is 0 Å². The number of hydrogen-bond acceptors (Lipinski definition) is 4. The first-order chi connectivity index (χ1) is 11.3. The van der Waals surface area contributed by atoms with Crippen LogP contribution in [-0.2, 0) is 15.1 Å². The number of rotatable bonds is 2. The Bertz CT molecular complexity index is 713. The second-order valence-corrected chi connectivity index (χ2v) is 5.01. The normalized spacial score (nSPS) is 15.9. The molecule has 0 bridgehead atoms. The van der Waals surface area contributed by atoms with Gasteiger partial charge in [0, 0.05) is 12.6 Å². The van der Waals surface area contributed by atoms with Gasteiger partial charge in [0.15, 0.2) is 6.61 Å². The van der Waals surface area contributed by atoms with Gasteiger partial charge in [-0.25, -0.2) is 4.39 Å². The lowest BCUT2D eigenvalue weighted by Crippen LogP contribution is -2.54. The lowest BCUT2D eigenvalue weighted by atomic mass is 9.92. The van der Waals surface area contributed by atoms with E-state index in [4.69, 9.17) is 4.74 Å². The molecular weight excluding hydrogens is 365 g/mol. The largest absolute Gasteiger partial charge is 0.454 e. The van der Waals surface area contributed by atoms with Crippen LogP contribution >= 0.6 is 0 Å². The van der Waals surface area contributed by atoms with Gasteiger partial charge in [-0.15, -0.1) is 0 Å². The predicted molar refractivity (Wildman–Crippen MR) is 69.2 cm³/mol. The van der Waals surface area contributed by atoms with Crippen LogP contribution in [-0.4, -0.2) is 43.0 Å². The van der Waals surface area contributed by atoms with Crippen molar-refractivity contribution in [3.05, 3.63) is 29.6 Å². The molecule has 1 N–H and O–H groups in total. The van der Waals surface area contributed by atoms with Gasteiger partial charge in [-0.3, -0.25) is 9.69 Å². The van der Waals surface area contributed by atoms with E-state index in [2.05, 4.69) is 4.99 Å². The highest BCUT2D eigenvalue weighted by atomic mass is 19.4. The van der Waals surface area contributed by atoms with Crippen LogP contribution in [0.2, 0.25) is 0 Å². The maximum absolute atomic E-state index is 14.1. The van der Waals surface area contributed by atoms with Gasteiger partial charge < -0.3 is 9.84 Å². The average Bonchev–Trinajstić information content (AvgIpc) is 2.89. The molecule has 1 aliphatic rings. The molecule has 1 heterocycles. The number of amidine groups is 1. The highest BCUT2D eigenvalue weighted by molar-refractivity contribution is 6.03. The summed E-state index contributed by atoms with van der Waals surface area (Å²) in [5.74, 6) is -2.21. The fourth-order valence-corrected chi connectivity index (χ4v) is 2.06. The molecule has 0 radical (unpaired) electrons. The van der Waals surface area contributed by atoms with Gasteiger partial charge in [-0.05, 0) is 12.1 Å². The van der Waals surface area contributed by atoms with Crippen molar-refractivity contribution < 1.29 is 45.4 Å². The molecule has 0 aromatic heterocycles. The molecule has 1 aliphatic heterocycles. The highest BCUT2D eigenvalue weighted by Crippen LogP contribution is 2.50. The van der Waals surface area contributed by atoms with Crippen LogP contribution in [0, 0.1) is 5.82 Å². The quantitative estimate of drug-likeness (QED) is 0.809. The van der Waals surface area contributed by atoms with Crippen LogP contribution < -0.4 is 4.90 Å². The number of amides is 1. The van der Waals surface area contributed by atoms with E-state index in [-0.39, 0.29) is 18.2 Å². The maximum atomic E-state index is 14.1. The molecule has 1 aromatic carbocycles. The zero-order valence-corrected chi connectivity index (χ0v) is 12.2. The average molecular weight is 374 g/mol. The Hall–Kier alpha value is -2.37. The third-order valence-electron chi connectivity index (χ3n) is 3.38. The fourth-order valence-electron chi connectivity index (χ4n) is 2.06. The van der Waals surface area contributed by atoms with Crippen LogP contribution in [0.4, 0.5) is 36.4 Å². The summed E-state index contributed by atoms with van der Waals surface area (Å²) in [5.41, 5.74) is -7.49. The summed E-state index contributed by atoms with van der Waals surface area (Å²) in [6.45, 7) is -0.429. The first-order valence-electron chi connectivity index (χ1n) is 6.43. The Morgan fingerprint density at radius 3 is 2.12 bits per heavy atom. The van der Waals surface area contributed by atoms with Crippen molar-refractivity contribution in [2.24, 2.45) is 4.99 Å². The lowest BCUT2D eigenvalue weighted by Gasteiger charge is -2.33. The number of alkyl halides is 6. The SMILES string of the molecule is CN(C1=NC(=O)CO1)c1ccc(C(O)(C(F)(F)F)C(F)(F)F)cc1F. The number of halogens is 7. The number of hydrogen-bond donors (Lipinski definition) is 1. The summed E-state index contributed by atoms with van der Waals surface area (Å²) < 4.78 is 95.6. The monoisotopic (exact) mass is 374 g/mol. The minimum atomic E-state index is -6.13. The fraction of sp³-hybridized carbons (Fsp3) is 0.385. The maximum Gasteiger partial charge on any atom is 0.430 e. The first-order valence-corrected chi connectivity index (χ1v) is 6.43. The van der Waals surface area contributed by atoms with Crippen molar-refractivity contribution in [1.29, 1.82) is 0 Å². The molecule has 0 fully saturated rings. The van der Waals surface area contributed by atoms with Gasteiger partial charge in [-0.2, -0.15) is 31.3 Å². The van der Waals surface area contributed by atoms with E-state index in [1.54, 1.807) is 0 Å². The Morgan fingerprint density at radius 2 is 1.72 bits per heavy atom. The summed E-state index contributed by atoms with van der Waals surface area (Å²) in [7, 11) is 1.13. The topological polar surface area (TPSA) is 62.1 Å². The third kappa shape index (κ3) is 3.13. The zero-order valence-electron chi connectivity index (χ0n) is 12.2. The summed E-state index contributed by atoms with van der Waals surface area (Å²) in [5, 5.41) is 9.23. The number of carbonyl (C=O) groups excluding carboxylic acids is 1. The second kappa shape index (κ2) is 5.86. The molecule has 1 aromatic rings. The van der Waals surface area contributed by atoms with Crippen molar-refractivity contribution in [2.45, 2.75) is 18.0 Å². The molecule has 1 amide bonds. The van der Waals surface area contributed by atoms with Crippen molar-refractivity contribution >= 4 is 17.6 Å². The van der Waals surface area contributed by atoms with Crippen LogP contribution in [0.15, 0.2) is 23.2 Å². The van der Waals surface area contributed by atoms with Crippen LogP contribution in [0.3, 0.4) is 0 Å². The van der Waals surface area contributed by atoms with E-state index < -0.39 is 47.5 Å². The van der Waals surface area contributed by atoms with Crippen LogP contribution in [0.25, 0.3) is 0 Å². The summed E-state index contributed by atoms with van der Waals surface area (Å²) in [6, 6.07) is 0.373. The molecule has 0 spiro atoms. The third-order valence-corrected chi connectivity index (χ3v) is 3.38. The van der Waals surface area contributed by atoms with Gasteiger partial charge in [0.05, 0.1) is 5.69 Å². The van der Waals surface area contributed by atoms with Gasteiger partial charge >= 0.3 is 12.4 Å².